The first-order valence-corrected chi connectivity index (χ1v) is 8.19. The lowest BCUT2D eigenvalue weighted by Gasteiger charge is -2.12. The Labute approximate surface area is 150 Å². The van der Waals surface area contributed by atoms with Gasteiger partial charge in [-0.25, -0.2) is 0 Å². The average molecular weight is 509 g/mol. The highest BCUT2D eigenvalue weighted by molar-refractivity contribution is 14.1. The molecule has 2 aromatic rings. The molecule has 0 spiro atoms. The Morgan fingerprint density at radius 2 is 1.76 bits per heavy atom. The van der Waals surface area contributed by atoms with Gasteiger partial charge in [-0.3, -0.25) is 4.79 Å². The molecule has 0 aliphatic heterocycles. The van der Waals surface area contributed by atoms with Crippen molar-refractivity contribution in [3.63, 3.8) is 0 Å². The molecule has 0 atom stereocenters. The summed E-state index contributed by atoms with van der Waals surface area (Å²) in [5.41, 5.74) is 7.06. The van der Waals surface area contributed by atoms with Crippen molar-refractivity contribution in [3.05, 3.63) is 43.0 Å². The van der Waals surface area contributed by atoms with E-state index < -0.39 is 0 Å². The Kier molecular flexibility index (Phi) is 5.31. The van der Waals surface area contributed by atoms with E-state index in [1.54, 1.807) is 32.2 Å². The molecule has 0 radical (unpaired) electrons. The second kappa shape index (κ2) is 6.82. The number of nitrogen functional groups attached to an aromatic ring is 1. The molecule has 21 heavy (non-hydrogen) atoms. The van der Waals surface area contributed by atoms with Crippen LogP contribution in [0, 0.1) is 7.14 Å². The molecule has 0 aliphatic carbocycles. The average Bonchev–Trinajstić information content (AvgIpc) is 2.42. The van der Waals surface area contributed by atoms with Crippen molar-refractivity contribution >= 4 is 56.7 Å². The Balaban J connectivity index is 2.35. The highest BCUT2D eigenvalue weighted by atomic mass is 127. The molecule has 0 aliphatic rings. The molecule has 4 nitrogen and oxygen atoms in total. The lowest BCUT2D eigenvalue weighted by Crippen LogP contribution is -1.98. The van der Waals surface area contributed by atoms with Gasteiger partial charge in [0.05, 0.1) is 19.9 Å². The topological polar surface area (TPSA) is 61.5 Å². The Morgan fingerprint density at radius 3 is 2.24 bits per heavy atom. The minimum Gasteiger partial charge on any atom is -0.495 e. The van der Waals surface area contributed by atoms with Gasteiger partial charge in [-0.05, 0) is 76.4 Å². The van der Waals surface area contributed by atoms with E-state index in [0.29, 0.717) is 28.5 Å². The molecule has 0 amide bonds. The molecule has 0 aromatic heterocycles. The number of Topliss-reactive ketones (excluding diaryl/α,β-unsaturated/α-hetero) is 1. The molecule has 2 N–H and O–H groups in total. The maximum atomic E-state index is 11.5. The molecule has 2 rings (SSSR count). The normalized spacial score (nSPS) is 10.3. The van der Waals surface area contributed by atoms with Crippen LogP contribution >= 0.6 is 45.2 Å². The first-order valence-electron chi connectivity index (χ1n) is 6.03. The van der Waals surface area contributed by atoms with Crippen LogP contribution in [-0.2, 0) is 0 Å². The molecule has 0 bridgehead atoms. The van der Waals surface area contributed by atoms with Crippen molar-refractivity contribution in [2.45, 2.75) is 6.92 Å². The van der Waals surface area contributed by atoms with Crippen LogP contribution < -0.4 is 15.2 Å². The Bertz CT molecular complexity index is 678. The summed E-state index contributed by atoms with van der Waals surface area (Å²) in [6.45, 7) is 1.55. The Morgan fingerprint density at radius 1 is 1.14 bits per heavy atom. The summed E-state index contributed by atoms with van der Waals surface area (Å²) in [4.78, 5) is 11.5. The van der Waals surface area contributed by atoms with Gasteiger partial charge < -0.3 is 15.2 Å². The number of halogens is 2. The predicted molar refractivity (Wildman–Crippen MR) is 99.4 cm³/mol. The van der Waals surface area contributed by atoms with Crippen molar-refractivity contribution in [2.75, 3.05) is 12.8 Å². The number of hydrogen-bond acceptors (Lipinski definition) is 4. The van der Waals surface area contributed by atoms with E-state index in [1.807, 2.05) is 12.1 Å². The summed E-state index contributed by atoms with van der Waals surface area (Å²) in [7, 11) is 1.57. The fourth-order valence-corrected chi connectivity index (χ4v) is 3.74. The third-order valence-corrected chi connectivity index (χ3v) is 4.43. The fraction of sp³-hybridized carbons (Fsp3) is 0.133. The monoisotopic (exact) mass is 509 g/mol. The lowest BCUT2D eigenvalue weighted by atomic mass is 10.1. The molecule has 0 saturated carbocycles. The van der Waals surface area contributed by atoms with Gasteiger partial charge in [0.1, 0.15) is 11.5 Å². The molecule has 2 aromatic carbocycles. The summed E-state index contributed by atoms with van der Waals surface area (Å²) in [6, 6.07) is 8.89. The van der Waals surface area contributed by atoms with Gasteiger partial charge in [-0.1, -0.05) is 0 Å². The highest BCUT2D eigenvalue weighted by Gasteiger charge is 2.13. The molecule has 0 saturated heterocycles. The minimum atomic E-state index is 0.0334. The van der Waals surface area contributed by atoms with E-state index in [9.17, 15) is 4.79 Å². The van der Waals surface area contributed by atoms with E-state index in [-0.39, 0.29) is 5.78 Å². The van der Waals surface area contributed by atoms with Gasteiger partial charge in [0.15, 0.2) is 11.5 Å². The van der Waals surface area contributed by atoms with E-state index in [2.05, 4.69) is 45.2 Å². The van der Waals surface area contributed by atoms with Crippen LogP contribution in [0.3, 0.4) is 0 Å². The van der Waals surface area contributed by atoms with Gasteiger partial charge in [-0.15, -0.1) is 0 Å². The molecule has 0 heterocycles. The molecule has 0 unspecified atom stereocenters. The number of carbonyl (C=O) groups is 1. The van der Waals surface area contributed by atoms with Crippen LogP contribution in [0.2, 0.25) is 0 Å². The van der Waals surface area contributed by atoms with E-state index in [4.69, 9.17) is 15.2 Å². The second-order valence-corrected chi connectivity index (χ2v) is 6.66. The van der Waals surface area contributed by atoms with Crippen molar-refractivity contribution in [1.29, 1.82) is 0 Å². The van der Waals surface area contributed by atoms with Gasteiger partial charge >= 0.3 is 0 Å². The zero-order chi connectivity index (χ0) is 15.6. The van der Waals surface area contributed by atoms with Crippen LogP contribution in [0.4, 0.5) is 5.69 Å². The number of hydrogen-bond donors (Lipinski definition) is 1. The molecule has 0 fully saturated rings. The molecule has 6 heteroatoms. The standard InChI is InChI=1S/C15H13I2NO3/c1-8(19)9-5-11(16)15(12(17)6-9)21-10-3-4-14(20-2)13(18)7-10/h3-7H,18H2,1-2H3. The largest absolute Gasteiger partial charge is 0.495 e. The summed E-state index contributed by atoms with van der Waals surface area (Å²) < 4.78 is 12.8. The van der Waals surface area contributed by atoms with Crippen molar-refractivity contribution in [3.8, 4) is 17.2 Å². The third kappa shape index (κ3) is 3.79. The first kappa shape index (κ1) is 16.3. The summed E-state index contributed by atoms with van der Waals surface area (Å²) in [6.07, 6.45) is 0. The Hall–Kier alpha value is -1.03. The minimum absolute atomic E-state index is 0.0334. The van der Waals surface area contributed by atoms with Gasteiger partial charge in [0, 0.05) is 11.6 Å². The summed E-state index contributed by atoms with van der Waals surface area (Å²) in [5.74, 6) is 1.98. The van der Waals surface area contributed by atoms with Crippen molar-refractivity contribution in [2.24, 2.45) is 0 Å². The fourth-order valence-electron chi connectivity index (χ4n) is 1.75. The number of ether oxygens (including phenoxy) is 2. The second-order valence-electron chi connectivity index (χ2n) is 4.33. The van der Waals surface area contributed by atoms with Crippen LogP contribution in [0.15, 0.2) is 30.3 Å². The zero-order valence-corrected chi connectivity index (χ0v) is 15.8. The lowest BCUT2D eigenvalue weighted by molar-refractivity contribution is 0.101. The number of carbonyl (C=O) groups excluding carboxylic acids is 1. The summed E-state index contributed by atoms with van der Waals surface area (Å²) >= 11 is 4.31. The first-order chi connectivity index (χ1) is 9.92. The van der Waals surface area contributed by atoms with Gasteiger partial charge in [0.2, 0.25) is 0 Å². The molecule has 110 valence electrons. The number of benzene rings is 2. The van der Waals surface area contributed by atoms with Crippen LogP contribution in [0.1, 0.15) is 17.3 Å². The van der Waals surface area contributed by atoms with Crippen LogP contribution in [0.5, 0.6) is 17.2 Å². The summed E-state index contributed by atoms with van der Waals surface area (Å²) in [5, 5.41) is 0. The smallest absolute Gasteiger partial charge is 0.159 e. The number of anilines is 1. The van der Waals surface area contributed by atoms with Gasteiger partial charge in [0.25, 0.3) is 0 Å². The number of methoxy groups -OCH3 is 1. The number of ketones is 1. The maximum Gasteiger partial charge on any atom is 0.159 e. The molecular formula is C15H13I2NO3. The molecular weight excluding hydrogens is 496 g/mol. The van der Waals surface area contributed by atoms with Crippen LogP contribution in [0.25, 0.3) is 0 Å². The van der Waals surface area contributed by atoms with E-state index >= 15 is 0 Å². The highest BCUT2D eigenvalue weighted by Crippen LogP contribution is 2.35. The maximum absolute atomic E-state index is 11.5. The van der Waals surface area contributed by atoms with Gasteiger partial charge in [-0.2, -0.15) is 0 Å². The van der Waals surface area contributed by atoms with Crippen LogP contribution in [-0.4, -0.2) is 12.9 Å². The quantitative estimate of drug-likeness (QED) is 0.376. The van der Waals surface area contributed by atoms with E-state index in [1.165, 1.54) is 0 Å². The van der Waals surface area contributed by atoms with Crippen molar-refractivity contribution in [1.82, 2.24) is 0 Å². The number of rotatable bonds is 4. The van der Waals surface area contributed by atoms with Crippen molar-refractivity contribution < 1.29 is 14.3 Å². The number of nitrogens with two attached hydrogens (primary N) is 1. The van der Waals surface area contributed by atoms with E-state index in [0.717, 1.165) is 7.14 Å². The SMILES string of the molecule is COc1ccc(Oc2c(I)cc(C(C)=O)cc2I)cc1N. The zero-order valence-electron chi connectivity index (χ0n) is 11.4. The third-order valence-electron chi connectivity index (χ3n) is 2.83. The predicted octanol–water partition coefficient (Wildman–Crippen LogP) is 4.48.